The van der Waals surface area contributed by atoms with Crippen LogP contribution in [0.1, 0.15) is 77.7 Å². The predicted molar refractivity (Wildman–Crippen MR) is 168 cm³/mol. The lowest BCUT2D eigenvalue weighted by molar-refractivity contribution is -0.131. The van der Waals surface area contributed by atoms with Crippen molar-refractivity contribution in [3.05, 3.63) is 35.9 Å². The average Bonchev–Trinajstić information content (AvgIpc) is 3.44. The number of likely N-dealkylation sites (tertiary alicyclic amines) is 1. The zero-order valence-corrected chi connectivity index (χ0v) is 26.6. The number of hydrogen-bond donors (Lipinski definition) is 2. The number of piperidine rings is 1. The topological polar surface area (TPSA) is 91.0 Å². The molecule has 0 spiro atoms. The minimum atomic E-state index is -0.641. The van der Waals surface area contributed by atoms with Crippen LogP contribution in [0.4, 0.5) is 4.79 Å². The van der Waals surface area contributed by atoms with Crippen molar-refractivity contribution in [2.75, 3.05) is 30.5 Å². The molecule has 10 heteroatoms. The van der Waals surface area contributed by atoms with Gasteiger partial charge in [0.2, 0.25) is 11.8 Å². The molecule has 1 saturated carbocycles. The molecule has 1 aromatic rings. The van der Waals surface area contributed by atoms with Gasteiger partial charge in [-0.3, -0.25) is 19.4 Å². The van der Waals surface area contributed by atoms with Crippen molar-refractivity contribution in [1.82, 2.24) is 20.4 Å². The molecule has 2 saturated heterocycles. The predicted octanol–water partition coefficient (Wildman–Crippen LogP) is 5.02. The van der Waals surface area contributed by atoms with Crippen LogP contribution in [0.3, 0.4) is 0 Å². The minimum absolute atomic E-state index is 0.0974. The summed E-state index contributed by atoms with van der Waals surface area (Å²) in [5, 5.41) is 6.93. The Morgan fingerprint density at radius 2 is 1.76 bits per heavy atom. The van der Waals surface area contributed by atoms with E-state index in [1.165, 1.54) is 54.3 Å². The second-order valence-electron chi connectivity index (χ2n) is 12.5. The molecule has 41 heavy (non-hydrogen) atoms. The van der Waals surface area contributed by atoms with Crippen molar-refractivity contribution in [2.45, 2.75) is 108 Å². The summed E-state index contributed by atoms with van der Waals surface area (Å²) in [7, 11) is 0. The summed E-state index contributed by atoms with van der Waals surface area (Å²) in [6, 6.07) is 9.32. The first-order valence-electron chi connectivity index (χ1n) is 15.2. The Hall–Kier alpha value is -1.91. The first kappa shape index (κ1) is 32.0. The van der Waals surface area contributed by atoms with Gasteiger partial charge in [-0.25, -0.2) is 4.79 Å². The molecule has 0 radical (unpaired) electrons. The van der Waals surface area contributed by atoms with Gasteiger partial charge in [0.05, 0.1) is 5.88 Å². The van der Waals surface area contributed by atoms with E-state index < -0.39 is 23.8 Å². The maximum Gasteiger partial charge on any atom is 0.411 e. The lowest BCUT2D eigenvalue weighted by Crippen LogP contribution is -2.56. The van der Waals surface area contributed by atoms with E-state index in [1.807, 2.05) is 38.6 Å². The fourth-order valence-corrected chi connectivity index (χ4v) is 8.17. The van der Waals surface area contributed by atoms with E-state index in [2.05, 4.69) is 39.8 Å². The number of rotatable bonds is 10. The smallest absolute Gasteiger partial charge is 0.411 e. The van der Waals surface area contributed by atoms with Crippen LogP contribution in [-0.4, -0.2) is 87.2 Å². The molecule has 3 amide bonds. The molecule has 4 rings (SSSR count). The largest absolute Gasteiger partial charge is 0.444 e. The fourth-order valence-electron chi connectivity index (χ4n) is 5.66. The highest BCUT2D eigenvalue weighted by Crippen LogP contribution is 2.29. The fraction of sp³-hybridized carbons (Fsp3) is 0.710. The highest BCUT2D eigenvalue weighted by Gasteiger charge is 2.38. The van der Waals surface area contributed by atoms with Crippen molar-refractivity contribution >= 4 is 41.4 Å². The monoisotopic (exact) mass is 604 g/mol. The number of ether oxygens (including phenoxy) is 1. The van der Waals surface area contributed by atoms with E-state index in [4.69, 9.17) is 4.74 Å². The molecule has 228 valence electrons. The average molecular weight is 605 g/mol. The lowest BCUT2D eigenvalue weighted by Gasteiger charge is -2.33. The summed E-state index contributed by atoms with van der Waals surface area (Å²) in [6.07, 6.45) is 8.22. The van der Waals surface area contributed by atoms with E-state index in [1.54, 1.807) is 0 Å². The summed E-state index contributed by atoms with van der Waals surface area (Å²) in [5.74, 6) is 1.34. The second kappa shape index (κ2) is 15.5. The number of benzene rings is 1. The Balaban J connectivity index is 1.32. The summed E-state index contributed by atoms with van der Waals surface area (Å²) >= 11 is 3.46. The first-order chi connectivity index (χ1) is 19.7. The number of carbonyl (C=O) groups excluding carboxylic acids is 3. The molecule has 8 nitrogen and oxygen atoms in total. The van der Waals surface area contributed by atoms with Gasteiger partial charge < -0.3 is 15.4 Å². The van der Waals surface area contributed by atoms with Crippen molar-refractivity contribution in [1.29, 1.82) is 0 Å². The van der Waals surface area contributed by atoms with Gasteiger partial charge in [0.25, 0.3) is 0 Å². The van der Waals surface area contributed by atoms with Gasteiger partial charge in [0, 0.05) is 36.7 Å². The molecule has 1 aliphatic carbocycles. The van der Waals surface area contributed by atoms with Gasteiger partial charge in [-0.1, -0.05) is 49.6 Å². The molecular weight excluding hydrogens is 556 g/mol. The third-order valence-corrected chi connectivity index (χ3v) is 10.4. The van der Waals surface area contributed by atoms with Crippen molar-refractivity contribution in [3.63, 3.8) is 0 Å². The van der Waals surface area contributed by atoms with E-state index >= 15 is 0 Å². The minimum Gasteiger partial charge on any atom is -0.444 e. The van der Waals surface area contributed by atoms with Gasteiger partial charge in [0.1, 0.15) is 17.7 Å². The van der Waals surface area contributed by atoms with E-state index in [0.717, 1.165) is 38.2 Å². The van der Waals surface area contributed by atoms with E-state index in [9.17, 15) is 14.4 Å². The van der Waals surface area contributed by atoms with Crippen LogP contribution in [0.5, 0.6) is 0 Å². The van der Waals surface area contributed by atoms with Gasteiger partial charge in [-0.2, -0.15) is 11.8 Å². The van der Waals surface area contributed by atoms with E-state index in [0.29, 0.717) is 23.3 Å². The zero-order chi connectivity index (χ0) is 29.2. The molecule has 0 bridgehead atoms. The third kappa shape index (κ3) is 10.4. The number of nitrogens with zero attached hydrogens (tertiary/aromatic N) is 2. The third-order valence-electron chi connectivity index (χ3n) is 7.94. The quantitative estimate of drug-likeness (QED) is 0.388. The number of carbonyl (C=O) groups is 3. The standard InChI is InChI=1S/C31H48N4O4S2/c1-31(2,3)39-30(38)35-22-40-21-27(35)29(37)33-26(16-19-41-25-12-8-5-9-13-25)28(36)32-24-14-17-34(18-15-24)20-23-10-6-4-7-11-23/h4,6-7,10-11,24-27H,5,8-9,12-22H2,1-3H3,(H,32,36)(H,33,37). The summed E-state index contributed by atoms with van der Waals surface area (Å²) in [6.45, 7) is 8.24. The van der Waals surface area contributed by atoms with Crippen molar-refractivity contribution in [2.24, 2.45) is 0 Å². The summed E-state index contributed by atoms with van der Waals surface area (Å²) in [4.78, 5) is 43.7. The Bertz CT molecular complexity index is 992. The van der Waals surface area contributed by atoms with Gasteiger partial charge in [-0.05, 0) is 64.2 Å². The Morgan fingerprint density at radius 1 is 1.05 bits per heavy atom. The molecule has 0 aromatic heterocycles. The van der Waals surface area contributed by atoms with Crippen molar-refractivity contribution < 1.29 is 19.1 Å². The maximum atomic E-state index is 13.6. The summed E-state index contributed by atoms with van der Waals surface area (Å²) < 4.78 is 5.54. The van der Waals surface area contributed by atoms with Gasteiger partial charge in [-0.15, -0.1) is 11.8 Å². The van der Waals surface area contributed by atoms with Crippen LogP contribution in [-0.2, 0) is 20.9 Å². The van der Waals surface area contributed by atoms with Gasteiger partial charge >= 0.3 is 6.09 Å². The highest BCUT2D eigenvalue weighted by molar-refractivity contribution is 8.00. The SMILES string of the molecule is CC(C)(C)OC(=O)N1CSCC1C(=O)NC(CCSC1CCCCC1)C(=O)NC1CCN(Cc2ccccc2)CC1. The maximum absolute atomic E-state index is 13.6. The van der Waals surface area contributed by atoms with Crippen LogP contribution in [0.15, 0.2) is 30.3 Å². The second-order valence-corrected chi connectivity index (χ2v) is 14.9. The zero-order valence-electron chi connectivity index (χ0n) is 24.9. The Kier molecular flexibility index (Phi) is 12.1. The lowest BCUT2D eigenvalue weighted by atomic mass is 10.0. The molecule has 2 N–H and O–H groups in total. The molecule has 2 atom stereocenters. The Labute approximate surface area is 254 Å². The highest BCUT2D eigenvalue weighted by atomic mass is 32.2. The number of thioether (sulfide) groups is 2. The molecular formula is C31H48N4O4S2. The van der Waals surface area contributed by atoms with Crippen LogP contribution >= 0.6 is 23.5 Å². The number of hydrogen-bond acceptors (Lipinski definition) is 7. The first-order valence-corrected chi connectivity index (χ1v) is 17.4. The number of nitrogens with one attached hydrogen (secondary N) is 2. The molecule has 2 heterocycles. The normalized spacial score (nSPS) is 21.8. The van der Waals surface area contributed by atoms with Crippen molar-refractivity contribution in [3.8, 4) is 0 Å². The van der Waals surface area contributed by atoms with Crippen LogP contribution in [0.2, 0.25) is 0 Å². The Morgan fingerprint density at radius 3 is 2.44 bits per heavy atom. The van der Waals surface area contributed by atoms with Crippen LogP contribution < -0.4 is 10.6 Å². The molecule has 3 aliphatic rings. The number of amides is 3. The van der Waals surface area contributed by atoms with Crippen LogP contribution in [0, 0.1) is 0 Å². The molecule has 2 aliphatic heterocycles. The van der Waals surface area contributed by atoms with Gasteiger partial charge in [0.15, 0.2) is 0 Å². The molecule has 2 unspecified atom stereocenters. The molecule has 1 aromatic carbocycles. The van der Waals surface area contributed by atoms with E-state index in [-0.39, 0.29) is 17.9 Å². The summed E-state index contributed by atoms with van der Waals surface area (Å²) in [5.41, 5.74) is 0.666. The van der Waals surface area contributed by atoms with Crippen LogP contribution in [0.25, 0.3) is 0 Å². The molecule has 3 fully saturated rings.